The first kappa shape index (κ1) is 22.2. The van der Waals surface area contributed by atoms with Gasteiger partial charge < -0.3 is 4.90 Å². The van der Waals surface area contributed by atoms with Crippen molar-refractivity contribution in [2.75, 3.05) is 19.6 Å². The van der Waals surface area contributed by atoms with E-state index in [1.807, 2.05) is 13.8 Å². The predicted octanol–water partition coefficient (Wildman–Crippen LogP) is 1.23. The second-order valence-corrected chi connectivity index (χ2v) is 9.05. The van der Waals surface area contributed by atoms with Gasteiger partial charge in [-0.25, -0.2) is 22.6 Å². The summed E-state index contributed by atoms with van der Waals surface area (Å²) in [6.45, 7) is 6.25. The smallest absolute Gasteiger partial charge is 0.339 e. The van der Waals surface area contributed by atoms with E-state index in [0.717, 1.165) is 25.1 Å². The number of aromatic nitrogens is 3. The number of nitrogens with one attached hydrogen (secondary N) is 1. The number of rotatable bonds is 9. The maximum absolute atomic E-state index is 12.5. The predicted molar refractivity (Wildman–Crippen MR) is 113 cm³/mol. The summed E-state index contributed by atoms with van der Waals surface area (Å²) in [5, 5.41) is 4.35. The van der Waals surface area contributed by atoms with Crippen LogP contribution in [-0.2, 0) is 29.5 Å². The molecule has 0 saturated heterocycles. The quantitative estimate of drug-likeness (QED) is 0.597. The lowest BCUT2D eigenvalue weighted by molar-refractivity contribution is 0.0773. The molecule has 0 radical (unpaired) electrons. The SMILES string of the molecule is CCN(CC)C(=O)c1ccc(S(=O)(=O)NCCCn2nc3n(c2=O)CCCC3)cc1. The molecular weight excluding hydrogens is 406 g/mol. The van der Waals surface area contributed by atoms with E-state index in [1.54, 1.807) is 9.47 Å². The summed E-state index contributed by atoms with van der Waals surface area (Å²) in [6.07, 6.45) is 3.28. The van der Waals surface area contributed by atoms with E-state index in [2.05, 4.69) is 9.82 Å². The molecule has 1 aromatic carbocycles. The van der Waals surface area contributed by atoms with Crippen LogP contribution in [0.5, 0.6) is 0 Å². The van der Waals surface area contributed by atoms with E-state index in [0.29, 0.717) is 38.2 Å². The lowest BCUT2D eigenvalue weighted by Crippen LogP contribution is -2.30. The minimum absolute atomic E-state index is 0.105. The van der Waals surface area contributed by atoms with Gasteiger partial charge in [-0.3, -0.25) is 9.36 Å². The fraction of sp³-hybridized carbons (Fsp3) is 0.550. The lowest BCUT2D eigenvalue weighted by Gasteiger charge is -2.18. The topological polar surface area (TPSA) is 106 Å². The standard InChI is InChI=1S/C20H29N5O4S/c1-3-23(4-2)19(26)16-9-11-17(12-10-16)30(28,29)21-13-7-15-25-20(27)24-14-6-5-8-18(24)22-25/h9-12,21H,3-8,13-15H2,1-2H3. The van der Waals surface area contributed by atoms with E-state index in [9.17, 15) is 18.0 Å². The van der Waals surface area contributed by atoms with Gasteiger partial charge in [0.25, 0.3) is 5.91 Å². The van der Waals surface area contributed by atoms with Crippen LogP contribution in [0.3, 0.4) is 0 Å². The van der Waals surface area contributed by atoms with E-state index < -0.39 is 10.0 Å². The van der Waals surface area contributed by atoms with Gasteiger partial charge in [0.2, 0.25) is 10.0 Å². The summed E-state index contributed by atoms with van der Waals surface area (Å²) >= 11 is 0. The van der Waals surface area contributed by atoms with Gasteiger partial charge in [0.05, 0.1) is 4.90 Å². The van der Waals surface area contributed by atoms with Crippen molar-refractivity contribution in [3.63, 3.8) is 0 Å². The molecule has 10 heteroatoms. The van der Waals surface area contributed by atoms with E-state index >= 15 is 0 Å². The summed E-state index contributed by atoms with van der Waals surface area (Å²) in [4.78, 5) is 26.4. The van der Waals surface area contributed by atoms with Crippen LogP contribution in [0.2, 0.25) is 0 Å². The van der Waals surface area contributed by atoms with Crippen LogP contribution in [-0.4, -0.2) is 53.2 Å². The Kier molecular flexibility index (Phi) is 7.09. The Balaban J connectivity index is 1.56. The highest BCUT2D eigenvalue weighted by Crippen LogP contribution is 2.13. The number of sulfonamides is 1. The van der Waals surface area contributed by atoms with Crippen molar-refractivity contribution in [3.8, 4) is 0 Å². The molecule has 1 aliphatic rings. The second-order valence-electron chi connectivity index (χ2n) is 7.28. The van der Waals surface area contributed by atoms with Crippen molar-refractivity contribution in [3.05, 3.63) is 46.1 Å². The van der Waals surface area contributed by atoms with Crippen molar-refractivity contribution in [2.24, 2.45) is 0 Å². The molecule has 1 amide bonds. The number of aryl methyl sites for hydroxylation is 2. The summed E-state index contributed by atoms with van der Waals surface area (Å²) in [6, 6.07) is 5.94. The lowest BCUT2D eigenvalue weighted by atomic mass is 10.2. The first-order valence-corrected chi connectivity index (χ1v) is 11.9. The number of benzene rings is 1. The highest BCUT2D eigenvalue weighted by molar-refractivity contribution is 7.89. The zero-order chi connectivity index (χ0) is 21.7. The summed E-state index contributed by atoms with van der Waals surface area (Å²) in [5.41, 5.74) is 0.335. The van der Waals surface area contributed by atoms with Crippen LogP contribution in [0.4, 0.5) is 0 Å². The fourth-order valence-electron chi connectivity index (χ4n) is 3.58. The Bertz CT molecular complexity index is 1040. The van der Waals surface area contributed by atoms with Gasteiger partial charge in [-0.05, 0) is 57.4 Å². The summed E-state index contributed by atoms with van der Waals surface area (Å²) in [7, 11) is -3.69. The number of nitrogens with zero attached hydrogens (tertiary/aromatic N) is 4. The van der Waals surface area contributed by atoms with Crippen molar-refractivity contribution in [1.82, 2.24) is 24.0 Å². The molecular formula is C20H29N5O4S. The zero-order valence-corrected chi connectivity index (χ0v) is 18.3. The number of fused-ring (bicyclic) bond motifs is 1. The van der Waals surface area contributed by atoms with E-state index in [1.165, 1.54) is 28.9 Å². The molecule has 1 aliphatic heterocycles. The molecule has 0 atom stereocenters. The molecule has 30 heavy (non-hydrogen) atoms. The molecule has 3 rings (SSSR count). The molecule has 0 unspecified atom stereocenters. The molecule has 164 valence electrons. The average molecular weight is 436 g/mol. The third-order valence-electron chi connectivity index (χ3n) is 5.33. The van der Waals surface area contributed by atoms with Gasteiger partial charge >= 0.3 is 5.69 Å². The molecule has 0 aliphatic carbocycles. The van der Waals surface area contributed by atoms with Gasteiger partial charge in [0.15, 0.2) is 0 Å². The van der Waals surface area contributed by atoms with Crippen LogP contribution < -0.4 is 10.4 Å². The van der Waals surface area contributed by atoms with Crippen LogP contribution in [0, 0.1) is 0 Å². The number of hydrogen-bond acceptors (Lipinski definition) is 5. The Morgan fingerprint density at radius 2 is 1.87 bits per heavy atom. The first-order chi connectivity index (χ1) is 14.4. The zero-order valence-electron chi connectivity index (χ0n) is 17.5. The van der Waals surface area contributed by atoms with Crippen LogP contribution in [0.15, 0.2) is 34.0 Å². The Labute approximate surface area is 176 Å². The van der Waals surface area contributed by atoms with Crippen molar-refractivity contribution >= 4 is 15.9 Å². The second kappa shape index (κ2) is 9.57. The third-order valence-corrected chi connectivity index (χ3v) is 6.81. The number of carbonyl (C=O) groups is 1. The third kappa shape index (κ3) is 4.81. The van der Waals surface area contributed by atoms with E-state index in [-0.39, 0.29) is 23.0 Å². The monoisotopic (exact) mass is 435 g/mol. The van der Waals surface area contributed by atoms with Gasteiger partial charge in [0.1, 0.15) is 5.82 Å². The molecule has 0 spiro atoms. The van der Waals surface area contributed by atoms with Gasteiger partial charge in [-0.15, -0.1) is 0 Å². The number of amides is 1. The number of hydrogen-bond donors (Lipinski definition) is 1. The highest BCUT2D eigenvalue weighted by atomic mass is 32.2. The van der Waals surface area contributed by atoms with Crippen LogP contribution in [0.25, 0.3) is 0 Å². The molecule has 2 heterocycles. The average Bonchev–Trinajstić information content (AvgIpc) is 3.08. The van der Waals surface area contributed by atoms with Crippen LogP contribution in [0.1, 0.15) is 49.3 Å². The molecule has 9 nitrogen and oxygen atoms in total. The Morgan fingerprint density at radius 3 is 2.50 bits per heavy atom. The summed E-state index contributed by atoms with van der Waals surface area (Å²) in [5.74, 6) is 0.691. The van der Waals surface area contributed by atoms with Crippen molar-refractivity contribution in [2.45, 2.75) is 57.5 Å². The van der Waals surface area contributed by atoms with Crippen LogP contribution >= 0.6 is 0 Å². The normalized spacial score (nSPS) is 13.8. The fourth-order valence-corrected chi connectivity index (χ4v) is 4.66. The summed E-state index contributed by atoms with van der Waals surface area (Å²) < 4.78 is 30.7. The van der Waals surface area contributed by atoms with Crippen molar-refractivity contribution < 1.29 is 13.2 Å². The van der Waals surface area contributed by atoms with E-state index in [4.69, 9.17) is 0 Å². The maximum atomic E-state index is 12.5. The highest BCUT2D eigenvalue weighted by Gasteiger charge is 2.18. The van der Waals surface area contributed by atoms with Gasteiger partial charge in [0, 0.05) is 44.7 Å². The van der Waals surface area contributed by atoms with Crippen molar-refractivity contribution in [1.29, 1.82) is 0 Å². The molecule has 0 fully saturated rings. The molecule has 2 aromatic rings. The molecule has 1 aromatic heterocycles. The molecule has 0 bridgehead atoms. The Hall–Kier alpha value is -2.46. The Morgan fingerprint density at radius 1 is 1.17 bits per heavy atom. The molecule has 0 saturated carbocycles. The first-order valence-electron chi connectivity index (χ1n) is 10.4. The van der Waals surface area contributed by atoms with Gasteiger partial charge in [-0.2, -0.15) is 5.10 Å². The number of carbonyl (C=O) groups excluding carboxylic acids is 1. The minimum atomic E-state index is -3.69. The maximum Gasteiger partial charge on any atom is 0.345 e. The molecule has 1 N–H and O–H groups in total. The largest absolute Gasteiger partial charge is 0.345 e. The van der Waals surface area contributed by atoms with Gasteiger partial charge in [-0.1, -0.05) is 0 Å². The minimum Gasteiger partial charge on any atom is -0.339 e.